The summed E-state index contributed by atoms with van der Waals surface area (Å²) >= 11 is 9.14. The molecule has 0 aliphatic rings. The van der Waals surface area contributed by atoms with Gasteiger partial charge in [-0.15, -0.1) is 0 Å². The van der Waals surface area contributed by atoms with Crippen LogP contribution in [-0.2, 0) is 0 Å². The SMILES string of the molecule is CN(C(=O)Nc1nc(OCC(F)(F)F)cc(OCC(F)(F)F)n1)c1ccc(Br)c(Cl)c1. The highest BCUT2D eigenvalue weighted by molar-refractivity contribution is 9.10. The maximum atomic E-state index is 12.4. The number of halogens is 8. The number of rotatable bonds is 6. The van der Waals surface area contributed by atoms with Crippen LogP contribution in [0.25, 0.3) is 0 Å². The zero-order chi connectivity index (χ0) is 23.4. The van der Waals surface area contributed by atoms with Crippen molar-refractivity contribution in [3.05, 3.63) is 33.8 Å². The lowest BCUT2D eigenvalue weighted by molar-refractivity contribution is -0.154. The number of hydrogen-bond acceptors (Lipinski definition) is 5. The second-order valence-corrected chi connectivity index (χ2v) is 7.02. The first-order valence-electron chi connectivity index (χ1n) is 8.01. The van der Waals surface area contributed by atoms with E-state index in [2.05, 4.69) is 40.7 Å². The Hall–Kier alpha value is -2.48. The molecule has 0 bridgehead atoms. The molecule has 170 valence electrons. The van der Waals surface area contributed by atoms with Crippen LogP contribution in [0.15, 0.2) is 28.7 Å². The Morgan fingerprint density at radius 1 is 1.06 bits per heavy atom. The fraction of sp³-hybridized carbons (Fsp3) is 0.312. The summed E-state index contributed by atoms with van der Waals surface area (Å²) < 4.78 is 83.6. The zero-order valence-electron chi connectivity index (χ0n) is 15.3. The van der Waals surface area contributed by atoms with Crippen LogP contribution in [-0.4, -0.2) is 48.6 Å². The van der Waals surface area contributed by atoms with E-state index in [1.54, 1.807) is 6.07 Å². The fourth-order valence-corrected chi connectivity index (χ4v) is 2.33. The molecule has 0 fully saturated rings. The lowest BCUT2D eigenvalue weighted by Crippen LogP contribution is -2.32. The Morgan fingerprint density at radius 2 is 1.58 bits per heavy atom. The highest BCUT2D eigenvalue weighted by Gasteiger charge is 2.30. The van der Waals surface area contributed by atoms with Crippen molar-refractivity contribution in [3.8, 4) is 11.8 Å². The highest BCUT2D eigenvalue weighted by Crippen LogP contribution is 2.28. The zero-order valence-corrected chi connectivity index (χ0v) is 17.7. The van der Waals surface area contributed by atoms with E-state index in [1.165, 1.54) is 19.2 Å². The van der Waals surface area contributed by atoms with E-state index >= 15 is 0 Å². The van der Waals surface area contributed by atoms with Gasteiger partial charge in [-0.1, -0.05) is 11.6 Å². The fourth-order valence-electron chi connectivity index (χ4n) is 1.91. The summed E-state index contributed by atoms with van der Waals surface area (Å²) in [6, 6.07) is 4.29. The summed E-state index contributed by atoms with van der Waals surface area (Å²) in [4.78, 5) is 20.5. The molecule has 1 aromatic carbocycles. The first-order valence-corrected chi connectivity index (χ1v) is 9.18. The van der Waals surface area contributed by atoms with E-state index in [-0.39, 0.29) is 0 Å². The van der Waals surface area contributed by atoms with Crippen LogP contribution in [0.2, 0.25) is 5.02 Å². The van der Waals surface area contributed by atoms with Gasteiger partial charge in [0.05, 0.1) is 11.1 Å². The molecular formula is C16H12BrClF6N4O3. The molecule has 0 aliphatic carbocycles. The topological polar surface area (TPSA) is 76.6 Å². The molecule has 0 unspecified atom stereocenters. The minimum absolute atomic E-state index is 0.291. The Kier molecular flexibility index (Phi) is 7.81. The van der Waals surface area contributed by atoms with E-state index in [1.807, 2.05) is 0 Å². The summed E-state index contributed by atoms with van der Waals surface area (Å²) in [5.41, 5.74) is 0.323. The maximum Gasteiger partial charge on any atom is 0.422 e. The number of ether oxygens (including phenoxy) is 2. The average molecular weight is 538 g/mol. The molecule has 2 rings (SSSR count). The number of urea groups is 1. The summed E-state index contributed by atoms with van der Waals surface area (Å²) in [7, 11) is 1.33. The maximum absolute atomic E-state index is 12.4. The number of alkyl halides is 6. The third kappa shape index (κ3) is 8.28. The summed E-state index contributed by atoms with van der Waals surface area (Å²) in [5.74, 6) is -2.15. The largest absolute Gasteiger partial charge is 0.468 e. The third-order valence-corrected chi connectivity index (χ3v) is 4.49. The van der Waals surface area contributed by atoms with Crippen molar-refractivity contribution in [1.82, 2.24) is 9.97 Å². The Labute approximate surface area is 184 Å². The molecule has 0 saturated heterocycles. The number of hydrogen-bond donors (Lipinski definition) is 1. The minimum Gasteiger partial charge on any atom is -0.468 e. The number of aromatic nitrogens is 2. The van der Waals surface area contributed by atoms with E-state index in [4.69, 9.17) is 11.6 Å². The van der Waals surface area contributed by atoms with E-state index in [0.29, 0.717) is 21.2 Å². The van der Waals surface area contributed by atoms with Crippen LogP contribution in [0.1, 0.15) is 0 Å². The van der Waals surface area contributed by atoms with Gasteiger partial charge in [0, 0.05) is 17.2 Å². The van der Waals surface area contributed by atoms with Gasteiger partial charge < -0.3 is 9.47 Å². The molecule has 1 N–H and O–H groups in total. The second-order valence-electron chi connectivity index (χ2n) is 5.76. The number of amides is 2. The van der Waals surface area contributed by atoms with Gasteiger partial charge in [-0.2, -0.15) is 36.3 Å². The lowest BCUT2D eigenvalue weighted by atomic mass is 10.3. The molecule has 0 atom stereocenters. The van der Waals surface area contributed by atoms with Crippen molar-refractivity contribution in [2.45, 2.75) is 12.4 Å². The quantitative estimate of drug-likeness (QED) is 0.497. The van der Waals surface area contributed by atoms with Crippen molar-refractivity contribution in [3.63, 3.8) is 0 Å². The minimum atomic E-state index is -4.73. The molecule has 2 aromatic rings. The van der Waals surface area contributed by atoms with Crippen LogP contribution in [0.4, 0.5) is 42.8 Å². The molecule has 7 nitrogen and oxygen atoms in total. The summed E-state index contributed by atoms with van der Waals surface area (Å²) in [6.45, 7) is -3.54. The predicted octanol–water partition coefficient (Wildman–Crippen LogP) is 5.44. The van der Waals surface area contributed by atoms with Gasteiger partial charge in [-0.3, -0.25) is 10.2 Å². The number of anilines is 2. The normalized spacial score (nSPS) is 11.8. The Morgan fingerprint density at radius 3 is 2.03 bits per heavy atom. The van der Waals surface area contributed by atoms with Crippen molar-refractivity contribution in [2.24, 2.45) is 0 Å². The molecule has 2 amide bonds. The first-order chi connectivity index (χ1) is 14.2. The van der Waals surface area contributed by atoms with Crippen LogP contribution < -0.4 is 19.7 Å². The van der Waals surface area contributed by atoms with Crippen LogP contribution >= 0.6 is 27.5 Å². The third-order valence-electron chi connectivity index (χ3n) is 3.26. The van der Waals surface area contributed by atoms with Gasteiger partial charge in [-0.25, -0.2) is 4.79 Å². The van der Waals surface area contributed by atoms with Gasteiger partial charge in [0.1, 0.15) is 0 Å². The smallest absolute Gasteiger partial charge is 0.422 e. The van der Waals surface area contributed by atoms with Gasteiger partial charge >= 0.3 is 18.4 Å². The van der Waals surface area contributed by atoms with E-state index < -0.39 is 49.3 Å². The van der Waals surface area contributed by atoms with Crippen molar-refractivity contribution >= 4 is 45.2 Å². The highest BCUT2D eigenvalue weighted by atomic mass is 79.9. The Bertz CT molecular complexity index is 908. The lowest BCUT2D eigenvalue weighted by Gasteiger charge is -2.18. The molecule has 15 heteroatoms. The molecule has 0 saturated carbocycles. The molecular weight excluding hydrogens is 526 g/mol. The van der Waals surface area contributed by atoms with Crippen LogP contribution in [0.5, 0.6) is 11.8 Å². The molecule has 0 spiro atoms. The van der Waals surface area contributed by atoms with Crippen LogP contribution in [0, 0.1) is 0 Å². The molecule has 0 aliphatic heterocycles. The van der Waals surface area contributed by atoms with Crippen molar-refractivity contribution < 1.29 is 40.6 Å². The number of carbonyl (C=O) groups is 1. The van der Waals surface area contributed by atoms with Crippen molar-refractivity contribution in [2.75, 3.05) is 30.5 Å². The van der Waals surface area contributed by atoms with E-state index in [9.17, 15) is 31.1 Å². The van der Waals surface area contributed by atoms with Gasteiger partial charge in [-0.05, 0) is 34.1 Å². The summed E-state index contributed by atoms with van der Waals surface area (Å²) in [5, 5.41) is 2.43. The van der Waals surface area contributed by atoms with Gasteiger partial charge in [0.25, 0.3) is 0 Å². The summed E-state index contributed by atoms with van der Waals surface area (Å²) in [6.07, 6.45) is -9.47. The molecule has 0 radical (unpaired) electrons. The number of benzene rings is 1. The molecule has 1 heterocycles. The number of carbonyl (C=O) groups excluding carboxylic acids is 1. The monoisotopic (exact) mass is 536 g/mol. The van der Waals surface area contributed by atoms with Gasteiger partial charge in [0.2, 0.25) is 17.7 Å². The predicted molar refractivity (Wildman–Crippen MR) is 102 cm³/mol. The molecule has 1 aromatic heterocycles. The second kappa shape index (κ2) is 9.77. The van der Waals surface area contributed by atoms with E-state index in [0.717, 1.165) is 4.90 Å². The van der Waals surface area contributed by atoms with Crippen LogP contribution in [0.3, 0.4) is 0 Å². The number of nitrogens with one attached hydrogen (secondary N) is 1. The number of nitrogens with zero attached hydrogens (tertiary/aromatic N) is 3. The average Bonchev–Trinajstić information content (AvgIpc) is 2.65. The van der Waals surface area contributed by atoms with Crippen molar-refractivity contribution in [1.29, 1.82) is 0 Å². The molecule has 31 heavy (non-hydrogen) atoms. The standard InChI is InChI=1S/C16H12BrClF6N4O3/c1-28(8-2-3-9(17)10(18)4-8)14(29)27-13-25-11(30-6-15(19,20)21)5-12(26-13)31-7-16(22,23)24/h2-5H,6-7H2,1H3,(H,25,26,27,29). The Balaban J connectivity index is 2.23. The first kappa shape index (κ1) is 24.8. The van der Waals surface area contributed by atoms with Gasteiger partial charge in [0.15, 0.2) is 13.2 Å².